The molecule has 0 aromatic heterocycles. The first-order chi connectivity index (χ1) is 9.52. The summed E-state index contributed by atoms with van der Waals surface area (Å²) in [6, 6.07) is 8.94. The number of carbonyl (C=O) groups excluding carboxylic acids is 1. The highest BCUT2D eigenvalue weighted by Gasteiger charge is 2.08. The van der Waals surface area contributed by atoms with Crippen LogP contribution in [0.5, 0.6) is 0 Å². The molecule has 0 bridgehead atoms. The van der Waals surface area contributed by atoms with Gasteiger partial charge < -0.3 is 10.1 Å². The number of nitrogens with zero attached hydrogens (tertiary/aromatic N) is 1. The highest BCUT2D eigenvalue weighted by Crippen LogP contribution is 2.11. The number of anilines is 1. The Balaban J connectivity index is 2.28. The van der Waals surface area contributed by atoms with Crippen LogP contribution in [0.2, 0.25) is 0 Å². The van der Waals surface area contributed by atoms with Crippen molar-refractivity contribution in [2.75, 3.05) is 11.9 Å². The maximum absolute atomic E-state index is 11.7. The molecule has 108 valence electrons. The van der Waals surface area contributed by atoms with E-state index in [0.717, 1.165) is 0 Å². The van der Waals surface area contributed by atoms with E-state index in [4.69, 9.17) is 10.00 Å². The van der Waals surface area contributed by atoms with Gasteiger partial charge in [0, 0.05) is 18.7 Å². The van der Waals surface area contributed by atoms with Crippen molar-refractivity contribution >= 4 is 11.6 Å². The van der Waals surface area contributed by atoms with Gasteiger partial charge in [0.15, 0.2) is 0 Å². The van der Waals surface area contributed by atoms with Crippen LogP contribution in [0.1, 0.15) is 39.2 Å². The summed E-state index contributed by atoms with van der Waals surface area (Å²) < 4.78 is 5.62. The zero-order valence-electron chi connectivity index (χ0n) is 12.3. The monoisotopic (exact) mass is 274 g/mol. The molecular formula is C16H22N2O2. The third-order valence-corrected chi connectivity index (χ3v) is 3.14. The molecule has 1 rings (SSSR count). The van der Waals surface area contributed by atoms with Gasteiger partial charge >= 0.3 is 0 Å². The van der Waals surface area contributed by atoms with Gasteiger partial charge in [-0.1, -0.05) is 19.9 Å². The van der Waals surface area contributed by atoms with Crippen LogP contribution >= 0.6 is 0 Å². The molecule has 4 heteroatoms. The zero-order chi connectivity index (χ0) is 15.0. The normalized spacial score (nSPS) is 11.9. The molecule has 0 aliphatic heterocycles. The van der Waals surface area contributed by atoms with E-state index < -0.39 is 0 Å². The Bertz CT molecular complexity index is 478. The molecule has 1 amide bonds. The van der Waals surface area contributed by atoms with Gasteiger partial charge in [0.05, 0.1) is 17.7 Å². The topological polar surface area (TPSA) is 62.1 Å². The fraction of sp³-hybridized carbons (Fsp3) is 0.500. The standard InChI is InChI=1S/C16H22N2O2/c1-12(2)13(3)20-9-5-8-16(19)18-15-7-4-6-14(10-15)11-17/h4,6-7,10,12-13H,5,8-9H2,1-3H3,(H,18,19). The predicted octanol–water partition coefficient (Wildman–Crippen LogP) is 3.34. The maximum Gasteiger partial charge on any atom is 0.224 e. The molecule has 4 nitrogen and oxygen atoms in total. The summed E-state index contributed by atoms with van der Waals surface area (Å²) in [4.78, 5) is 11.7. The smallest absolute Gasteiger partial charge is 0.224 e. The molecule has 0 aliphatic rings. The Hall–Kier alpha value is -1.86. The van der Waals surface area contributed by atoms with Gasteiger partial charge in [-0.25, -0.2) is 0 Å². The lowest BCUT2D eigenvalue weighted by Gasteiger charge is -2.16. The highest BCUT2D eigenvalue weighted by atomic mass is 16.5. The molecule has 0 saturated heterocycles. The van der Waals surface area contributed by atoms with E-state index in [1.165, 1.54) is 0 Å². The van der Waals surface area contributed by atoms with Crippen molar-refractivity contribution in [3.8, 4) is 6.07 Å². The van der Waals surface area contributed by atoms with Crippen LogP contribution in [-0.4, -0.2) is 18.6 Å². The van der Waals surface area contributed by atoms with Crippen molar-refractivity contribution < 1.29 is 9.53 Å². The van der Waals surface area contributed by atoms with Crippen LogP contribution in [0, 0.1) is 17.2 Å². The number of amides is 1. The summed E-state index contributed by atoms with van der Waals surface area (Å²) in [5.74, 6) is 0.429. The number of carbonyl (C=O) groups is 1. The summed E-state index contributed by atoms with van der Waals surface area (Å²) >= 11 is 0. The molecule has 0 fully saturated rings. The molecule has 1 unspecified atom stereocenters. The van der Waals surface area contributed by atoms with Crippen molar-refractivity contribution in [3.63, 3.8) is 0 Å². The Morgan fingerprint density at radius 2 is 2.15 bits per heavy atom. The van der Waals surface area contributed by atoms with Crippen LogP contribution < -0.4 is 5.32 Å². The van der Waals surface area contributed by atoms with Gasteiger partial charge in [-0.3, -0.25) is 4.79 Å². The Labute approximate surface area is 120 Å². The average molecular weight is 274 g/mol. The average Bonchev–Trinajstić information content (AvgIpc) is 2.43. The minimum Gasteiger partial charge on any atom is -0.378 e. The van der Waals surface area contributed by atoms with E-state index >= 15 is 0 Å². The highest BCUT2D eigenvalue weighted by molar-refractivity contribution is 5.90. The second-order valence-corrected chi connectivity index (χ2v) is 5.16. The van der Waals surface area contributed by atoms with E-state index in [1.807, 2.05) is 13.0 Å². The van der Waals surface area contributed by atoms with Crippen molar-refractivity contribution in [1.82, 2.24) is 0 Å². The largest absolute Gasteiger partial charge is 0.378 e. The fourth-order valence-corrected chi connectivity index (χ4v) is 1.58. The third-order valence-electron chi connectivity index (χ3n) is 3.14. The van der Waals surface area contributed by atoms with Gasteiger partial charge in [0.25, 0.3) is 0 Å². The molecular weight excluding hydrogens is 252 g/mol. The van der Waals surface area contributed by atoms with Gasteiger partial charge in [0.2, 0.25) is 5.91 Å². The molecule has 1 aromatic carbocycles. The van der Waals surface area contributed by atoms with E-state index in [-0.39, 0.29) is 12.0 Å². The molecule has 0 aliphatic carbocycles. The lowest BCUT2D eigenvalue weighted by Crippen LogP contribution is -2.17. The minimum atomic E-state index is -0.0547. The molecule has 1 N–H and O–H groups in total. The molecule has 1 aromatic rings. The molecule has 0 heterocycles. The van der Waals surface area contributed by atoms with Crippen molar-refractivity contribution in [2.24, 2.45) is 5.92 Å². The van der Waals surface area contributed by atoms with E-state index in [2.05, 4.69) is 19.2 Å². The minimum absolute atomic E-state index is 0.0547. The van der Waals surface area contributed by atoms with E-state index in [0.29, 0.717) is 36.6 Å². The van der Waals surface area contributed by atoms with Crippen molar-refractivity contribution in [2.45, 2.75) is 39.7 Å². The summed E-state index contributed by atoms with van der Waals surface area (Å²) in [5, 5.41) is 11.6. The van der Waals surface area contributed by atoms with Crippen LogP contribution in [-0.2, 0) is 9.53 Å². The Morgan fingerprint density at radius 1 is 1.40 bits per heavy atom. The molecule has 0 spiro atoms. The lowest BCUT2D eigenvalue weighted by molar-refractivity contribution is -0.116. The second kappa shape index (κ2) is 8.34. The Kier molecular flexibility index (Phi) is 6.75. The van der Waals surface area contributed by atoms with Crippen LogP contribution in [0.15, 0.2) is 24.3 Å². The van der Waals surface area contributed by atoms with Gasteiger partial charge in [-0.05, 0) is 37.5 Å². The first-order valence-corrected chi connectivity index (χ1v) is 6.94. The first-order valence-electron chi connectivity index (χ1n) is 6.94. The number of nitrogens with one attached hydrogen (secondary N) is 1. The SMILES string of the molecule is CC(C)C(C)OCCCC(=O)Nc1cccc(C#N)c1. The van der Waals surface area contributed by atoms with E-state index in [1.54, 1.807) is 24.3 Å². The zero-order valence-corrected chi connectivity index (χ0v) is 12.3. The second-order valence-electron chi connectivity index (χ2n) is 5.16. The number of rotatable bonds is 7. The van der Waals surface area contributed by atoms with E-state index in [9.17, 15) is 4.79 Å². The number of ether oxygens (including phenoxy) is 1. The van der Waals surface area contributed by atoms with Crippen LogP contribution in [0.4, 0.5) is 5.69 Å². The first kappa shape index (κ1) is 16.2. The maximum atomic E-state index is 11.7. The number of benzene rings is 1. The predicted molar refractivity (Wildman–Crippen MR) is 79.3 cm³/mol. The molecule has 0 radical (unpaired) electrons. The van der Waals surface area contributed by atoms with Gasteiger partial charge in [0.1, 0.15) is 0 Å². The van der Waals surface area contributed by atoms with Gasteiger partial charge in [-0.15, -0.1) is 0 Å². The molecule has 1 atom stereocenters. The summed E-state index contributed by atoms with van der Waals surface area (Å²) in [5.41, 5.74) is 1.20. The van der Waals surface area contributed by atoms with Crippen LogP contribution in [0.25, 0.3) is 0 Å². The third kappa shape index (κ3) is 5.85. The fourth-order valence-electron chi connectivity index (χ4n) is 1.58. The van der Waals surface area contributed by atoms with Crippen molar-refractivity contribution in [1.29, 1.82) is 5.26 Å². The summed E-state index contributed by atoms with van der Waals surface area (Å²) in [6.07, 6.45) is 1.33. The Morgan fingerprint density at radius 3 is 2.80 bits per heavy atom. The lowest BCUT2D eigenvalue weighted by atomic mass is 10.1. The van der Waals surface area contributed by atoms with Crippen molar-refractivity contribution in [3.05, 3.63) is 29.8 Å². The summed E-state index contributed by atoms with van der Waals surface area (Å²) in [6.45, 7) is 6.85. The quantitative estimate of drug-likeness (QED) is 0.776. The number of nitriles is 1. The summed E-state index contributed by atoms with van der Waals surface area (Å²) in [7, 11) is 0. The molecule has 0 saturated carbocycles. The molecule has 20 heavy (non-hydrogen) atoms. The number of hydrogen-bond acceptors (Lipinski definition) is 3. The van der Waals surface area contributed by atoms with Crippen LogP contribution in [0.3, 0.4) is 0 Å². The van der Waals surface area contributed by atoms with Gasteiger partial charge in [-0.2, -0.15) is 5.26 Å². The number of hydrogen-bond donors (Lipinski definition) is 1.